The third-order valence-electron chi connectivity index (χ3n) is 4.15. The maximum atomic E-state index is 5.56. The second-order valence-corrected chi connectivity index (χ2v) is 6.08. The average Bonchev–Trinajstić information content (AvgIpc) is 3.13. The summed E-state index contributed by atoms with van der Waals surface area (Å²) >= 11 is 0. The largest absolute Gasteiger partial charge is 0.330 e. The molecule has 1 aliphatic heterocycles. The molecule has 0 spiro atoms. The topological polar surface area (TPSA) is 32.5 Å². The lowest BCUT2D eigenvalue weighted by Gasteiger charge is -2.36. The third-order valence-corrected chi connectivity index (χ3v) is 4.15. The Balaban J connectivity index is 1.57. The fourth-order valence-electron chi connectivity index (χ4n) is 2.82. The van der Waals surface area contributed by atoms with Gasteiger partial charge < -0.3 is 15.5 Å². The smallest absolute Gasteiger partial charge is 0.0110 e. The molecule has 0 aromatic rings. The first-order valence-electron chi connectivity index (χ1n) is 7.42. The summed E-state index contributed by atoms with van der Waals surface area (Å²) in [6, 6.07) is 0. The van der Waals surface area contributed by atoms with E-state index in [-0.39, 0.29) is 0 Å². The quantitative estimate of drug-likeness (QED) is 0.729. The first-order valence-corrected chi connectivity index (χ1v) is 7.42. The first-order chi connectivity index (χ1) is 8.28. The zero-order chi connectivity index (χ0) is 12.1. The van der Waals surface area contributed by atoms with E-state index in [1.54, 1.807) is 0 Å². The molecular weight excluding hydrogens is 210 g/mol. The fraction of sp³-hybridized carbons (Fsp3) is 1.00. The van der Waals surface area contributed by atoms with Gasteiger partial charge in [-0.25, -0.2) is 0 Å². The van der Waals surface area contributed by atoms with Gasteiger partial charge in [0.2, 0.25) is 0 Å². The van der Waals surface area contributed by atoms with E-state index in [4.69, 9.17) is 5.73 Å². The maximum Gasteiger partial charge on any atom is 0.0110 e. The van der Waals surface area contributed by atoms with Gasteiger partial charge in [-0.3, -0.25) is 0 Å². The van der Waals surface area contributed by atoms with Gasteiger partial charge in [0.1, 0.15) is 0 Å². The summed E-state index contributed by atoms with van der Waals surface area (Å²) in [4.78, 5) is 5.31. The number of hydrogen-bond acceptors (Lipinski definition) is 3. The monoisotopic (exact) mass is 239 g/mol. The molecule has 1 atom stereocenters. The van der Waals surface area contributed by atoms with Crippen molar-refractivity contribution in [2.75, 3.05) is 45.8 Å². The van der Waals surface area contributed by atoms with Crippen molar-refractivity contribution in [3.8, 4) is 0 Å². The van der Waals surface area contributed by atoms with Crippen LogP contribution in [-0.2, 0) is 0 Å². The van der Waals surface area contributed by atoms with Crippen molar-refractivity contribution in [1.82, 2.24) is 9.80 Å². The molecule has 2 N–H and O–H groups in total. The summed E-state index contributed by atoms with van der Waals surface area (Å²) < 4.78 is 0. The van der Waals surface area contributed by atoms with E-state index >= 15 is 0 Å². The Morgan fingerprint density at radius 1 is 1.12 bits per heavy atom. The Kier molecular flexibility index (Phi) is 5.26. The number of nitrogens with zero attached hydrogens (tertiary/aromatic N) is 2. The van der Waals surface area contributed by atoms with Gasteiger partial charge in [0.25, 0.3) is 0 Å². The maximum absolute atomic E-state index is 5.56. The highest BCUT2D eigenvalue weighted by atomic mass is 15.3. The lowest BCUT2D eigenvalue weighted by atomic mass is 10.0. The Morgan fingerprint density at radius 3 is 2.35 bits per heavy atom. The number of nitrogens with two attached hydrogens (primary N) is 1. The SMILES string of the molecule is CC(CCCN)CN1CCN(CC2CC2)CC1. The molecule has 0 aromatic carbocycles. The minimum atomic E-state index is 0.813. The Morgan fingerprint density at radius 2 is 1.76 bits per heavy atom. The standard InChI is InChI=1S/C14H29N3/c1-13(3-2-6-15)11-16-7-9-17(10-8-16)12-14-4-5-14/h13-14H,2-12,15H2,1H3. The van der Waals surface area contributed by atoms with Crippen LogP contribution in [-0.4, -0.2) is 55.6 Å². The second kappa shape index (κ2) is 6.72. The Bertz CT molecular complexity index is 208. The minimum absolute atomic E-state index is 0.813. The Hall–Kier alpha value is -0.120. The molecule has 3 nitrogen and oxygen atoms in total. The van der Waals surface area contributed by atoms with Crippen LogP contribution < -0.4 is 5.73 Å². The molecule has 1 aliphatic carbocycles. The van der Waals surface area contributed by atoms with Crippen LogP contribution in [0.15, 0.2) is 0 Å². The van der Waals surface area contributed by atoms with Gasteiger partial charge in [-0.05, 0) is 44.1 Å². The lowest BCUT2D eigenvalue weighted by molar-refractivity contribution is 0.115. The van der Waals surface area contributed by atoms with Crippen molar-refractivity contribution in [1.29, 1.82) is 0 Å². The average molecular weight is 239 g/mol. The summed E-state index contributed by atoms with van der Waals surface area (Å²) in [5.41, 5.74) is 5.56. The summed E-state index contributed by atoms with van der Waals surface area (Å²) in [7, 11) is 0. The molecule has 1 saturated carbocycles. The highest BCUT2D eigenvalue weighted by molar-refractivity contribution is 4.80. The first kappa shape index (κ1) is 13.3. The Labute approximate surface area is 106 Å². The van der Waals surface area contributed by atoms with E-state index < -0.39 is 0 Å². The van der Waals surface area contributed by atoms with Crippen LogP contribution in [0.4, 0.5) is 0 Å². The van der Waals surface area contributed by atoms with E-state index in [1.807, 2.05) is 0 Å². The van der Waals surface area contributed by atoms with Gasteiger partial charge in [-0.2, -0.15) is 0 Å². The van der Waals surface area contributed by atoms with E-state index in [1.165, 1.54) is 65.0 Å². The molecule has 0 amide bonds. The van der Waals surface area contributed by atoms with Crippen LogP contribution in [0, 0.1) is 11.8 Å². The molecule has 0 bridgehead atoms. The van der Waals surface area contributed by atoms with Gasteiger partial charge in [0, 0.05) is 39.3 Å². The normalized spacial score (nSPS) is 25.1. The van der Waals surface area contributed by atoms with Gasteiger partial charge in [0.15, 0.2) is 0 Å². The molecule has 3 heteroatoms. The van der Waals surface area contributed by atoms with E-state index in [0.717, 1.165) is 18.4 Å². The van der Waals surface area contributed by atoms with Crippen molar-refractivity contribution >= 4 is 0 Å². The number of piperazine rings is 1. The summed E-state index contributed by atoms with van der Waals surface area (Å²) in [5.74, 6) is 1.86. The zero-order valence-electron chi connectivity index (χ0n) is 11.4. The highest BCUT2D eigenvalue weighted by Crippen LogP contribution is 2.29. The van der Waals surface area contributed by atoms with Crippen LogP contribution in [0.1, 0.15) is 32.6 Å². The van der Waals surface area contributed by atoms with Crippen molar-refractivity contribution in [3.05, 3.63) is 0 Å². The second-order valence-electron chi connectivity index (χ2n) is 6.08. The van der Waals surface area contributed by atoms with Crippen molar-refractivity contribution in [2.45, 2.75) is 32.6 Å². The zero-order valence-corrected chi connectivity index (χ0v) is 11.4. The van der Waals surface area contributed by atoms with Gasteiger partial charge >= 0.3 is 0 Å². The van der Waals surface area contributed by atoms with E-state index in [0.29, 0.717) is 0 Å². The van der Waals surface area contributed by atoms with Crippen LogP contribution in [0.2, 0.25) is 0 Å². The number of rotatable bonds is 7. The molecule has 100 valence electrons. The molecule has 0 radical (unpaired) electrons. The minimum Gasteiger partial charge on any atom is -0.330 e. The summed E-state index contributed by atoms with van der Waals surface area (Å²) in [6.45, 7) is 11.0. The van der Waals surface area contributed by atoms with Gasteiger partial charge in [-0.15, -0.1) is 0 Å². The molecule has 17 heavy (non-hydrogen) atoms. The molecule has 2 fully saturated rings. The predicted molar refractivity (Wildman–Crippen MR) is 73.1 cm³/mol. The van der Waals surface area contributed by atoms with Crippen LogP contribution in [0.5, 0.6) is 0 Å². The summed E-state index contributed by atoms with van der Waals surface area (Å²) in [5, 5.41) is 0. The fourth-order valence-corrected chi connectivity index (χ4v) is 2.82. The molecule has 1 heterocycles. The van der Waals surface area contributed by atoms with E-state index in [2.05, 4.69) is 16.7 Å². The lowest BCUT2D eigenvalue weighted by Crippen LogP contribution is -2.48. The van der Waals surface area contributed by atoms with Gasteiger partial charge in [0.05, 0.1) is 0 Å². The molecule has 2 rings (SSSR count). The van der Waals surface area contributed by atoms with Crippen molar-refractivity contribution in [3.63, 3.8) is 0 Å². The van der Waals surface area contributed by atoms with Crippen molar-refractivity contribution in [2.24, 2.45) is 17.6 Å². The van der Waals surface area contributed by atoms with Crippen LogP contribution >= 0.6 is 0 Å². The van der Waals surface area contributed by atoms with Crippen molar-refractivity contribution < 1.29 is 0 Å². The molecule has 0 aromatic heterocycles. The molecule has 2 aliphatic rings. The molecule has 1 unspecified atom stereocenters. The van der Waals surface area contributed by atoms with E-state index in [9.17, 15) is 0 Å². The molecular formula is C14H29N3. The predicted octanol–water partition coefficient (Wildman–Crippen LogP) is 1.39. The van der Waals surface area contributed by atoms with Crippen LogP contribution in [0.3, 0.4) is 0 Å². The van der Waals surface area contributed by atoms with Crippen LogP contribution in [0.25, 0.3) is 0 Å². The highest BCUT2D eigenvalue weighted by Gasteiger charge is 2.26. The summed E-state index contributed by atoms with van der Waals surface area (Å²) in [6.07, 6.45) is 5.44. The third kappa shape index (κ3) is 4.94. The number of hydrogen-bond donors (Lipinski definition) is 1. The molecule has 1 saturated heterocycles. The van der Waals surface area contributed by atoms with Gasteiger partial charge in [-0.1, -0.05) is 6.92 Å².